The second-order valence-corrected chi connectivity index (χ2v) is 6.02. The van der Waals surface area contributed by atoms with Crippen LogP contribution >= 0.6 is 0 Å². The fourth-order valence-corrected chi connectivity index (χ4v) is 2.63. The minimum absolute atomic E-state index is 0.112. The molecular formula is C17H32N2O5. The largest absolute Gasteiger partial charge is 0.480 e. The van der Waals surface area contributed by atoms with E-state index in [2.05, 4.69) is 6.92 Å². The second-order valence-electron chi connectivity index (χ2n) is 6.02. The Labute approximate surface area is 144 Å². The van der Waals surface area contributed by atoms with Crippen molar-refractivity contribution in [1.29, 1.82) is 0 Å². The Balaban J connectivity index is 4.79. The Kier molecular flexibility index (Phi) is 11.9. The molecule has 140 valence electrons. The van der Waals surface area contributed by atoms with E-state index in [1.807, 2.05) is 13.8 Å². The summed E-state index contributed by atoms with van der Waals surface area (Å²) < 4.78 is 0. The van der Waals surface area contributed by atoms with Gasteiger partial charge in [0.1, 0.15) is 6.54 Å². The number of hydrogen-bond donors (Lipinski definition) is 2. The van der Waals surface area contributed by atoms with Crippen LogP contribution in [0.2, 0.25) is 0 Å². The number of aliphatic carboxylic acids is 2. The zero-order chi connectivity index (χ0) is 18.5. The van der Waals surface area contributed by atoms with Crippen LogP contribution in [0, 0.1) is 5.92 Å². The van der Waals surface area contributed by atoms with Crippen LogP contribution in [0.3, 0.4) is 0 Å². The zero-order valence-corrected chi connectivity index (χ0v) is 15.2. The van der Waals surface area contributed by atoms with Crippen LogP contribution in [-0.4, -0.2) is 70.6 Å². The first-order valence-electron chi connectivity index (χ1n) is 8.80. The van der Waals surface area contributed by atoms with E-state index >= 15 is 0 Å². The lowest BCUT2D eigenvalue weighted by Gasteiger charge is -2.28. The molecule has 0 aromatic heterocycles. The summed E-state index contributed by atoms with van der Waals surface area (Å²) in [6, 6.07) is 0. The van der Waals surface area contributed by atoms with E-state index in [9.17, 15) is 14.4 Å². The minimum Gasteiger partial charge on any atom is -0.480 e. The molecule has 1 atom stereocenters. The van der Waals surface area contributed by atoms with Gasteiger partial charge in [0.2, 0.25) is 5.91 Å². The maximum absolute atomic E-state index is 12.7. The van der Waals surface area contributed by atoms with E-state index in [1.165, 1.54) is 4.90 Å². The monoisotopic (exact) mass is 344 g/mol. The third-order valence-corrected chi connectivity index (χ3v) is 4.13. The molecule has 0 aliphatic rings. The van der Waals surface area contributed by atoms with Gasteiger partial charge in [-0.15, -0.1) is 0 Å². The quantitative estimate of drug-likeness (QED) is 0.467. The van der Waals surface area contributed by atoms with Crippen molar-refractivity contribution in [2.45, 2.75) is 52.9 Å². The maximum atomic E-state index is 12.7. The van der Waals surface area contributed by atoms with Crippen LogP contribution < -0.4 is 0 Å². The summed E-state index contributed by atoms with van der Waals surface area (Å²) in [6.45, 7) is 6.55. The van der Waals surface area contributed by atoms with Gasteiger partial charge < -0.3 is 15.1 Å². The van der Waals surface area contributed by atoms with Crippen LogP contribution in [0.4, 0.5) is 0 Å². The van der Waals surface area contributed by atoms with Gasteiger partial charge in [0, 0.05) is 19.0 Å². The number of hydrogen-bond acceptors (Lipinski definition) is 4. The number of rotatable bonds is 14. The van der Waals surface area contributed by atoms with Crippen molar-refractivity contribution in [3.8, 4) is 0 Å². The average Bonchev–Trinajstić information content (AvgIpc) is 2.52. The van der Waals surface area contributed by atoms with Crippen molar-refractivity contribution in [1.82, 2.24) is 9.80 Å². The highest BCUT2D eigenvalue weighted by Gasteiger charge is 2.24. The van der Waals surface area contributed by atoms with Crippen LogP contribution in [0.5, 0.6) is 0 Å². The number of carboxylic acid groups (broad SMARTS) is 2. The lowest BCUT2D eigenvalue weighted by Crippen LogP contribution is -2.44. The Hall–Kier alpha value is -1.63. The second kappa shape index (κ2) is 12.8. The Morgan fingerprint density at radius 3 is 2.00 bits per heavy atom. The van der Waals surface area contributed by atoms with Crippen molar-refractivity contribution in [3.63, 3.8) is 0 Å². The fourth-order valence-electron chi connectivity index (χ4n) is 2.63. The van der Waals surface area contributed by atoms with E-state index in [4.69, 9.17) is 10.2 Å². The molecular weight excluding hydrogens is 312 g/mol. The summed E-state index contributed by atoms with van der Waals surface area (Å²) in [5, 5.41) is 17.9. The number of likely N-dealkylation sites (N-methyl/N-ethyl adjacent to an activating group) is 1. The molecule has 0 aromatic rings. The number of nitrogens with zero attached hydrogens (tertiary/aromatic N) is 2. The van der Waals surface area contributed by atoms with Gasteiger partial charge in [-0.3, -0.25) is 19.3 Å². The molecule has 0 heterocycles. The molecule has 7 nitrogen and oxygen atoms in total. The van der Waals surface area contributed by atoms with Crippen molar-refractivity contribution >= 4 is 17.8 Å². The van der Waals surface area contributed by atoms with E-state index in [0.717, 1.165) is 25.7 Å². The average molecular weight is 344 g/mol. The first-order valence-corrected chi connectivity index (χ1v) is 8.80. The highest BCUT2D eigenvalue weighted by atomic mass is 16.4. The number of carbonyl (C=O) groups excluding carboxylic acids is 1. The summed E-state index contributed by atoms with van der Waals surface area (Å²) in [7, 11) is 0. The van der Waals surface area contributed by atoms with Gasteiger partial charge in [0.25, 0.3) is 0 Å². The van der Waals surface area contributed by atoms with Crippen molar-refractivity contribution in [2.75, 3.05) is 32.7 Å². The van der Waals surface area contributed by atoms with Gasteiger partial charge in [-0.2, -0.15) is 0 Å². The third-order valence-electron chi connectivity index (χ3n) is 4.13. The smallest absolute Gasteiger partial charge is 0.323 e. The van der Waals surface area contributed by atoms with Gasteiger partial charge in [0.15, 0.2) is 0 Å². The molecule has 0 aliphatic carbocycles. The molecule has 0 spiro atoms. The molecule has 2 N–H and O–H groups in total. The molecule has 1 unspecified atom stereocenters. The van der Waals surface area contributed by atoms with E-state index in [-0.39, 0.29) is 31.5 Å². The number of carboxylic acids is 2. The van der Waals surface area contributed by atoms with Crippen molar-refractivity contribution in [2.24, 2.45) is 5.92 Å². The molecule has 0 aliphatic heterocycles. The lowest BCUT2D eigenvalue weighted by atomic mass is 9.97. The van der Waals surface area contributed by atoms with Crippen LogP contribution in [-0.2, 0) is 14.4 Å². The fraction of sp³-hybridized carbons (Fsp3) is 0.824. The Morgan fingerprint density at radius 2 is 1.54 bits per heavy atom. The molecule has 7 heteroatoms. The summed E-state index contributed by atoms with van der Waals surface area (Å²) in [4.78, 5) is 37.6. The predicted molar refractivity (Wildman–Crippen MR) is 91.9 cm³/mol. The van der Waals surface area contributed by atoms with E-state index in [1.54, 1.807) is 4.90 Å². The molecule has 0 saturated heterocycles. The van der Waals surface area contributed by atoms with E-state index in [0.29, 0.717) is 19.5 Å². The van der Waals surface area contributed by atoms with Crippen molar-refractivity contribution in [3.05, 3.63) is 0 Å². The summed E-state index contributed by atoms with van der Waals surface area (Å²) in [6.07, 6.45) is 4.55. The van der Waals surface area contributed by atoms with Crippen LogP contribution in [0.1, 0.15) is 52.9 Å². The maximum Gasteiger partial charge on any atom is 0.323 e. The number of amides is 1. The van der Waals surface area contributed by atoms with Crippen molar-refractivity contribution < 1.29 is 24.6 Å². The highest BCUT2D eigenvalue weighted by Crippen LogP contribution is 2.17. The predicted octanol–water partition coefficient (Wildman–Crippen LogP) is 1.91. The molecule has 0 radical (unpaired) electrons. The third kappa shape index (κ3) is 9.50. The lowest BCUT2D eigenvalue weighted by molar-refractivity contribution is -0.147. The van der Waals surface area contributed by atoms with Gasteiger partial charge in [-0.05, 0) is 19.4 Å². The molecule has 1 amide bonds. The molecule has 24 heavy (non-hydrogen) atoms. The number of unbranched alkanes of at least 4 members (excludes halogenated alkanes) is 2. The summed E-state index contributed by atoms with van der Waals surface area (Å²) in [5.74, 6) is -2.28. The standard InChI is InChI=1S/C17H32N2O5/c1-4-7-8-9-14(5-2)17(24)19(13-16(22)23)11-10-18(6-3)12-15(20)21/h14H,4-13H2,1-3H3,(H,20,21)(H,22,23). The topological polar surface area (TPSA) is 98.2 Å². The number of carbonyl (C=O) groups is 3. The Morgan fingerprint density at radius 1 is 0.917 bits per heavy atom. The molecule has 0 bridgehead atoms. The SMILES string of the molecule is CCCCCC(CC)C(=O)N(CCN(CC)CC(=O)O)CC(=O)O. The first kappa shape index (κ1) is 22.4. The van der Waals surface area contributed by atoms with Crippen LogP contribution in [0.15, 0.2) is 0 Å². The van der Waals surface area contributed by atoms with Gasteiger partial charge >= 0.3 is 11.9 Å². The molecule has 0 fully saturated rings. The molecule has 0 aromatic carbocycles. The normalized spacial score (nSPS) is 12.2. The zero-order valence-electron chi connectivity index (χ0n) is 15.2. The molecule has 0 saturated carbocycles. The van der Waals surface area contributed by atoms with Gasteiger partial charge in [-0.25, -0.2) is 0 Å². The minimum atomic E-state index is -1.05. The summed E-state index contributed by atoms with van der Waals surface area (Å²) in [5.41, 5.74) is 0. The first-order chi connectivity index (χ1) is 11.3. The highest BCUT2D eigenvalue weighted by molar-refractivity contribution is 5.83. The van der Waals surface area contributed by atoms with Gasteiger partial charge in [-0.1, -0.05) is 40.0 Å². The Bertz CT molecular complexity index is 400. The molecule has 0 rings (SSSR count). The van der Waals surface area contributed by atoms with Crippen LogP contribution in [0.25, 0.3) is 0 Å². The summed E-state index contributed by atoms with van der Waals surface area (Å²) >= 11 is 0. The van der Waals surface area contributed by atoms with Gasteiger partial charge in [0.05, 0.1) is 6.54 Å². The van der Waals surface area contributed by atoms with E-state index < -0.39 is 11.9 Å².